The van der Waals surface area contributed by atoms with Crippen LogP contribution in [0.25, 0.3) is 16.9 Å². The second-order valence-corrected chi connectivity index (χ2v) is 7.70. The van der Waals surface area contributed by atoms with Crippen molar-refractivity contribution in [2.75, 3.05) is 31.5 Å². The number of carbonyl (C=O) groups excluding carboxylic acids is 2. The molecule has 0 radical (unpaired) electrons. The number of pyridine rings is 1. The first-order valence-electron chi connectivity index (χ1n) is 10.5. The SMILES string of the molecule is Cn1ncc(C(=O)N2CCNCC2)c1C(=O)Nc1ccn2cc(-c3ccccc3)nc2c1. The van der Waals surface area contributed by atoms with Gasteiger partial charge in [-0.1, -0.05) is 30.3 Å². The molecule has 0 aliphatic carbocycles. The van der Waals surface area contributed by atoms with Crippen molar-refractivity contribution in [1.29, 1.82) is 0 Å². The zero-order chi connectivity index (χ0) is 22.1. The number of nitrogens with zero attached hydrogens (tertiary/aromatic N) is 5. The highest BCUT2D eigenvalue weighted by Crippen LogP contribution is 2.21. The van der Waals surface area contributed by atoms with Crippen LogP contribution in [0.1, 0.15) is 20.8 Å². The molecule has 4 heterocycles. The summed E-state index contributed by atoms with van der Waals surface area (Å²) < 4.78 is 3.34. The van der Waals surface area contributed by atoms with Gasteiger partial charge in [-0.25, -0.2) is 4.98 Å². The Morgan fingerprint density at radius 1 is 1.09 bits per heavy atom. The summed E-state index contributed by atoms with van der Waals surface area (Å²) in [7, 11) is 1.66. The molecule has 0 bridgehead atoms. The average Bonchev–Trinajstić information content (AvgIpc) is 3.43. The highest BCUT2D eigenvalue weighted by molar-refractivity contribution is 6.11. The van der Waals surface area contributed by atoms with E-state index in [-0.39, 0.29) is 17.5 Å². The van der Waals surface area contributed by atoms with Crippen molar-refractivity contribution < 1.29 is 9.59 Å². The fourth-order valence-corrected chi connectivity index (χ4v) is 3.90. The summed E-state index contributed by atoms with van der Waals surface area (Å²) >= 11 is 0. The smallest absolute Gasteiger partial charge is 0.274 e. The van der Waals surface area contributed by atoms with Gasteiger partial charge in [-0.2, -0.15) is 5.10 Å². The molecule has 1 aliphatic rings. The lowest BCUT2D eigenvalue weighted by molar-refractivity contribution is 0.0731. The predicted molar refractivity (Wildman–Crippen MR) is 121 cm³/mol. The van der Waals surface area contributed by atoms with Crippen LogP contribution in [-0.2, 0) is 7.05 Å². The lowest BCUT2D eigenvalue weighted by Gasteiger charge is -2.27. The molecule has 1 fully saturated rings. The van der Waals surface area contributed by atoms with Crippen LogP contribution in [-0.4, -0.2) is 62.1 Å². The number of hydrogen-bond donors (Lipinski definition) is 2. The van der Waals surface area contributed by atoms with Gasteiger partial charge in [0.1, 0.15) is 11.3 Å². The maximum atomic E-state index is 13.1. The van der Waals surface area contributed by atoms with E-state index in [0.29, 0.717) is 30.0 Å². The summed E-state index contributed by atoms with van der Waals surface area (Å²) in [5.41, 5.74) is 3.72. The van der Waals surface area contributed by atoms with Crippen LogP contribution < -0.4 is 10.6 Å². The van der Waals surface area contributed by atoms with Crippen molar-refractivity contribution in [2.24, 2.45) is 7.05 Å². The number of hydrogen-bond acceptors (Lipinski definition) is 5. The van der Waals surface area contributed by atoms with Crippen molar-refractivity contribution in [2.45, 2.75) is 0 Å². The van der Waals surface area contributed by atoms with E-state index in [0.717, 1.165) is 24.3 Å². The quantitative estimate of drug-likeness (QED) is 0.518. The first-order valence-corrected chi connectivity index (χ1v) is 10.5. The van der Waals surface area contributed by atoms with E-state index in [4.69, 9.17) is 0 Å². The standard InChI is InChI=1S/C23H23N7O2/c1-28-21(18(14-25-28)23(32)29-11-8-24-9-12-29)22(31)26-17-7-10-30-15-19(27-20(30)13-17)16-5-3-2-4-6-16/h2-7,10,13-15,24H,8-9,11-12H2,1H3,(H,26,31). The van der Waals surface area contributed by atoms with Crippen LogP contribution in [0.15, 0.2) is 61.1 Å². The zero-order valence-corrected chi connectivity index (χ0v) is 17.7. The van der Waals surface area contributed by atoms with Gasteiger partial charge < -0.3 is 19.9 Å². The molecular formula is C23H23N7O2. The highest BCUT2D eigenvalue weighted by atomic mass is 16.2. The third kappa shape index (κ3) is 3.74. The Morgan fingerprint density at radius 2 is 1.88 bits per heavy atom. The molecule has 1 saturated heterocycles. The number of imidazole rings is 1. The Balaban J connectivity index is 1.39. The first kappa shape index (κ1) is 20.0. The van der Waals surface area contributed by atoms with Gasteiger partial charge in [0, 0.05) is 62.9 Å². The molecule has 9 heteroatoms. The van der Waals surface area contributed by atoms with E-state index in [1.807, 2.05) is 47.1 Å². The lowest BCUT2D eigenvalue weighted by Crippen LogP contribution is -2.46. The van der Waals surface area contributed by atoms with Gasteiger partial charge >= 0.3 is 0 Å². The molecule has 0 spiro atoms. The number of aromatic nitrogens is 4. The van der Waals surface area contributed by atoms with Crippen LogP contribution in [0.5, 0.6) is 0 Å². The predicted octanol–water partition coefficient (Wildman–Crippen LogP) is 2.03. The molecule has 5 rings (SSSR count). The summed E-state index contributed by atoms with van der Waals surface area (Å²) in [5.74, 6) is -0.566. The third-order valence-electron chi connectivity index (χ3n) is 5.58. The summed E-state index contributed by atoms with van der Waals surface area (Å²) in [6.45, 7) is 2.69. The molecule has 2 amide bonds. The Morgan fingerprint density at radius 3 is 2.66 bits per heavy atom. The topological polar surface area (TPSA) is 96.6 Å². The number of piperazine rings is 1. The molecule has 1 aromatic carbocycles. The van der Waals surface area contributed by atoms with Gasteiger partial charge in [-0.3, -0.25) is 14.3 Å². The van der Waals surface area contributed by atoms with E-state index in [1.54, 1.807) is 24.1 Å². The molecule has 1 aliphatic heterocycles. The Bertz CT molecular complexity index is 1290. The van der Waals surface area contributed by atoms with Gasteiger partial charge in [0.25, 0.3) is 11.8 Å². The summed E-state index contributed by atoms with van der Waals surface area (Å²) in [4.78, 5) is 32.4. The molecule has 0 unspecified atom stereocenters. The Labute approximate surface area is 184 Å². The molecule has 0 saturated carbocycles. The molecule has 3 aromatic heterocycles. The van der Waals surface area contributed by atoms with Gasteiger partial charge in [0.05, 0.1) is 17.5 Å². The second-order valence-electron chi connectivity index (χ2n) is 7.70. The van der Waals surface area contributed by atoms with Crippen LogP contribution in [0, 0.1) is 0 Å². The Kier molecular flexibility index (Phi) is 5.16. The van der Waals surface area contributed by atoms with Gasteiger partial charge in [-0.05, 0) is 6.07 Å². The maximum absolute atomic E-state index is 13.1. The minimum Gasteiger partial charge on any atom is -0.336 e. The molecule has 32 heavy (non-hydrogen) atoms. The van der Waals surface area contributed by atoms with E-state index in [9.17, 15) is 9.59 Å². The van der Waals surface area contributed by atoms with E-state index in [2.05, 4.69) is 20.7 Å². The normalized spacial score (nSPS) is 14.0. The van der Waals surface area contributed by atoms with E-state index >= 15 is 0 Å². The fraction of sp³-hybridized carbons (Fsp3) is 0.217. The number of carbonyl (C=O) groups is 2. The van der Waals surface area contributed by atoms with Crippen molar-refractivity contribution in [3.05, 3.63) is 72.3 Å². The van der Waals surface area contributed by atoms with Crippen molar-refractivity contribution >= 4 is 23.1 Å². The fourth-order valence-electron chi connectivity index (χ4n) is 3.90. The van der Waals surface area contributed by atoms with Crippen molar-refractivity contribution in [3.8, 4) is 11.3 Å². The number of fused-ring (bicyclic) bond motifs is 1. The lowest BCUT2D eigenvalue weighted by atomic mass is 10.2. The Hall–Kier alpha value is -3.98. The first-order chi connectivity index (χ1) is 15.6. The molecular weight excluding hydrogens is 406 g/mol. The van der Waals surface area contributed by atoms with Crippen LogP contribution in [0.2, 0.25) is 0 Å². The largest absolute Gasteiger partial charge is 0.336 e. The maximum Gasteiger partial charge on any atom is 0.274 e. The van der Waals surface area contributed by atoms with E-state index in [1.165, 1.54) is 10.9 Å². The van der Waals surface area contributed by atoms with Crippen molar-refractivity contribution in [1.82, 2.24) is 29.4 Å². The van der Waals surface area contributed by atoms with Gasteiger partial charge in [0.15, 0.2) is 0 Å². The zero-order valence-electron chi connectivity index (χ0n) is 17.7. The van der Waals surface area contributed by atoms with Crippen LogP contribution >= 0.6 is 0 Å². The van der Waals surface area contributed by atoms with Crippen LogP contribution in [0.3, 0.4) is 0 Å². The third-order valence-corrected chi connectivity index (χ3v) is 5.58. The molecule has 2 N–H and O–H groups in total. The monoisotopic (exact) mass is 429 g/mol. The number of nitrogens with one attached hydrogen (secondary N) is 2. The number of aryl methyl sites for hydroxylation is 1. The van der Waals surface area contributed by atoms with Crippen LogP contribution in [0.4, 0.5) is 5.69 Å². The number of anilines is 1. The second kappa shape index (κ2) is 8.27. The highest BCUT2D eigenvalue weighted by Gasteiger charge is 2.26. The van der Waals surface area contributed by atoms with E-state index < -0.39 is 0 Å². The number of amides is 2. The summed E-state index contributed by atoms with van der Waals surface area (Å²) in [6, 6.07) is 13.5. The van der Waals surface area contributed by atoms with Gasteiger partial charge in [-0.15, -0.1) is 0 Å². The molecule has 162 valence electrons. The number of benzene rings is 1. The van der Waals surface area contributed by atoms with Gasteiger partial charge in [0.2, 0.25) is 0 Å². The molecule has 0 atom stereocenters. The summed E-state index contributed by atoms with van der Waals surface area (Å²) in [6.07, 6.45) is 5.26. The summed E-state index contributed by atoms with van der Waals surface area (Å²) in [5, 5.41) is 10.3. The minimum atomic E-state index is -0.386. The molecule has 4 aromatic rings. The van der Waals surface area contributed by atoms with Crippen molar-refractivity contribution in [3.63, 3.8) is 0 Å². The number of rotatable bonds is 4. The average molecular weight is 429 g/mol. The minimum absolute atomic E-state index is 0.180. The molecule has 9 nitrogen and oxygen atoms in total.